The fourth-order valence-electron chi connectivity index (χ4n) is 4.46. The Kier molecular flexibility index (Phi) is 4.76. The number of rotatable bonds is 3. The van der Waals surface area contributed by atoms with E-state index in [4.69, 9.17) is 16.3 Å². The molecule has 2 aliphatic heterocycles. The molecule has 3 aromatic rings. The van der Waals surface area contributed by atoms with Gasteiger partial charge in [0.15, 0.2) is 5.82 Å². The minimum absolute atomic E-state index is 0.115. The van der Waals surface area contributed by atoms with Gasteiger partial charge in [-0.2, -0.15) is 5.10 Å². The van der Waals surface area contributed by atoms with Crippen molar-refractivity contribution in [2.24, 2.45) is 0 Å². The van der Waals surface area contributed by atoms with Crippen LogP contribution in [0.15, 0.2) is 24.4 Å². The first kappa shape index (κ1) is 18.9. The van der Waals surface area contributed by atoms with Crippen LogP contribution in [-0.2, 0) is 4.74 Å². The van der Waals surface area contributed by atoms with Gasteiger partial charge in [0.2, 0.25) is 0 Å². The number of piperidine rings is 1. The number of fused-ring (bicyclic) bond motifs is 1. The molecule has 4 heterocycles. The van der Waals surface area contributed by atoms with Crippen molar-refractivity contribution in [2.45, 2.75) is 38.4 Å². The quantitative estimate of drug-likeness (QED) is 0.611. The van der Waals surface area contributed by atoms with Crippen molar-refractivity contribution in [1.29, 1.82) is 0 Å². The highest BCUT2D eigenvalue weighted by Crippen LogP contribution is 2.36. The molecule has 0 N–H and O–H groups in total. The van der Waals surface area contributed by atoms with E-state index in [2.05, 4.69) is 39.0 Å². The van der Waals surface area contributed by atoms with Crippen molar-refractivity contribution in [3.63, 3.8) is 0 Å². The zero-order valence-corrected chi connectivity index (χ0v) is 17.2. The molecule has 0 saturated carbocycles. The van der Waals surface area contributed by atoms with Crippen LogP contribution >= 0.6 is 11.6 Å². The number of hydrogen-bond acceptors (Lipinski definition) is 5. The summed E-state index contributed by atoms with van der Waals surface area (Å²) in [5.74, 6) is 1.08. The molecule has 5 rings (SSSR count). The van der Waals surface area contributed by atoms with E-state index in [-0.39, 0.29) is 5.92 Å². The van der Waals surface area contributed by atoms with E-state index in [0.29, 0.717) is 29.4 Å². The molecule has 0 amide bonds. The van der Waals surface area contributed by atoms with Crippen LogP contribution in [0.3, 0.4) is 0 Å². The fraction of sp³-hybridized carbons (Fsp3) is 0.476. The largest absolute Gasteiger partial charge is 0.378 e. The lowest BCUT2D eigenvalue weighted by Gasteiger charge is -2.43. The van der Waals surface area contributed by atoms with E-state index >= 15 is 4.39 Å². The third-order valence-electron chi connectivity index (χ3n) is 6.08. The monoisotopic (exact) mass is 415 g/mol. The van der Waals surface area contributed by atoms with Crippen molar-refractivity contribution in [3.05, 3.63) is 46.5 Å². The Labute approximate surface area is 173 Å². The minimum atomic E-state index is -0.896. The highest BCUT2D eigenvalue weighted by molar-refractivity contribution is 6.29. The second-order valence-electron chi connectivity index (χ2n) is 8.02. The molecular formula is C21H23ClFN5O. The molecule has 2 atom stereocenters. The van der Waals surface area contributed by atoms with Crippen LogP contribution in [-0.4, -0.2) is 63.2 Å². The smallest absolute Gasteiger partial charge is 0.159 e. The van der Waals surface area contributed by atoms with Gasteiger partial charge in [-0.05, 0) is 50.1 Å². The van der Waals surface area contributed by atoms with Crippen LogP contribution in [0.1, 0.15) is 29.3 Å². The van der Waals surface area contributed by atoms with Gasteiger partial charge in [0.05, 0.1) is 31.0 Å². The molecule has 152 valence electrons. The first-order chi connectivity index (χ1) is 14.0. The van der Waals surface area contributed by atoms with Crippen LogP contribution in [0, 0.1) is 13.8 Å². The van der Waals surface area contributed by atoms with Gasteiger partial charge in [-0.15, -0.1) is 0 Å². The minimum Gasteiger partial charge on any atom is -0.378 e. The van der Waals surface area contributed by atoms with Crippen molar-refractivity contribution < 1.29 is 9.13 Å². The van der Waals surface area contributed by atoms with Gasteiger partial charge in [-0.3, -0.25) is 4.90 Å². The molecule has 0 aliphatic carbocycles. The molecule has 0 bridgehead atoms. The van der Waals surface area contributed by atoms with Crippen molar-refractivity contribution in [2.75, 3.05) is 26.3 Å². The average molecular weight is 416 g/mol. The normalized spacial score (nSPS) is 23.4. The summed E-state index contributed by atoms with van der Waals surface area (Å²) < 4.78 is 22.2. The Hall–Kier alpha value is -2.09. The highest BCUT2D eigenvalue weighted by atomic mass is 35.5. The molecule has 2 aromatic heterocycles. The Balaban J connectivity index is 1.50. The lowest BCUT2D eigenvalue weighted by atomic mass is 9.84. The Morgan fingerprint density at radius 2 is 2.00 bits per heavy atom. The van der Waals surface area contributed by atoms with E-state index in [1.54, 1.807) is 17.7 Å². The van der Waals surface area contributed by atoms with Gasteiger partial charge >= 0.3 is 0 Å². The molecule has 2 unspecified atom stereocenters. The lowest BCUT2D eigenvalue weighted by Crippen LogP contribution is -2.54. The predicted molar refractivity (Wildman–Crippen MR) is 110 cm³/mol. The first-order valence-corrected chi connectivity index (χ1v) is 10.3. The molecule has 29 heavy (non-hydrogen) atoms. The Morgan fingerprint density at radius 3 is 2.69 bits per heavy atom. The van der Waals surface area contributed by atoms with Crippen LogP contribution in [0.25, 0.3) is 16.7 Å². The van der Waals surface area contributed by atoms with E-state index in [1.807, 2.05) is 6.20 Å². The van der Waals surface area contributed by atoms with E-state index < -0.39 is 6.17 Å². The second kappa shape index (κ2) is 7.31. The molecule has 0 spiro atoms. The number of aryl methyl sites for hydroxylation is 2. The lowest BCUT2D eigenvalue weighted by molar-refractivity contribution is -0.0807. The van der Waals surface area contributed by atoms with Crippen LogP contribution in [0.5, 0.6) is 0 Å². The van der Waals surface area contributed by atoms with Gasteiger partial charge in [0.25, 0.3) is 0 Å². The highest BCUT2D eigenvalue weighted by Gasteiger charge is 2.36. The summed E-state index contributed by atoms with van der Waals surface area (Å²) in [5, 5.41) is 5.87. The standard InChI is InChI=1S/C21H23ClFN5O/c1-12-5-14-8-24-28(21-7-20(22)25-13(2)26-21)19(14)6-17(12)16-3-4-27(9-18(16)23)15-10-29-11-15/h5-8,15-16,18H,3-4,9-11H2,1-2H3. The first-order valence-electron chi connectivity index (χ1n) is 9.95. The Morgan fingerprint density at radius 1 is 1.17 bits per heavy atom. The summed E-state index contributed by atoms with van der Waals surface area (Å²) in [4.78, 5) is 10.8. The van der Waals surface area contributed by atoms with Gasteiger partial charge < -0.3 is 4.74 Å². The number of nitrogens with zero attached hydrogens (tertiary/aromatic N) is 5. The maximum absolute atomic E-state index is 15.2. The summed E-state index contributed by atoms with van der Waals surface area (Å²) in [7, 11) is 0. The molecule has 2 fully saturated rings. The van der Waals surface area contributed by atoms with Crippen molar-refractivity contribution in [1.82, 2.24) is 24.6 Å². The molecule has 1 aromatic carbocycles. The van der Waals surface area contributed by atoms with Crippen molar-refractivity contribution in [3.8, 4) is 5.82 Å². The zero-order valence-electron chi connectivity index (χ0n) is 16.5. The van der Waals surface area contributed by atoms with Crippen LogP contribution in [0.4, 0.5) is 4.39 Å². The molecule has 2 aliphatic rings. The molecular weight excluding hydrogens is 393 g/mol. The number of likely N-dealkylation sites (tertiary alicyclic amines) is 1. The zero-order chi connectivity index (χ0) is 20.1. The summed E-state index contributed by atoms with van der Waals surface area (Å²) >= 11 is 6.12. The summed E-state index contributed by atoms with van der Waals surface area (Å²) in [5.41, 5.74) is 3.05. The summed E-state index contributed by atoms with van der Waals surface area (Å²) in [6.07, 6.45) is 1.72. The number of hydrogen-bond donors (Lipinski definition) is 0. The molecule has 8 heteroatoms. The molecule has 2 saturated heterocycles. The number of aromatic nitrogens is 4. The van der Waals surface area contributed by atoms with Crippen LogP contribution in [0.2, 0.25) is 5.15 Å². The SMILES string of the molecule is Cc1nc(Cl)cc(-n2ncc3cc(C)c(C4CCN(C5COC5)CC4F)cc32)n1. The van der Waals surface area contributed by atoms with Gasteiger partial charge in [0, 0.05) is 23.9 Å². The van der Waals surface area contributed by atoms with E-state index in [1.165, 1.54) is 0 Å². The average Bonchev–Trinajstić information content (AvgIpc) is 3.02. The number of alkyl halides is 1. The maximum atomic E-state index is 15.2. The van der Waals surface area contributed by atoms with Gasteiger partial charge in [-0.25, -0.2) is 19.0 Å². The summed E-state index contributed by atoms with van der Waals surface area (Å²) in [6, 6.07) is 6.23. The van der Waals surface area contributed by atoms with E-state index in [9.17, 15) is 0 Å². The molecule has 0 radical (unpaired) electrons. The molecule has 6 nitrogen and oxygen atoms in total. The van der Waals surface area contributed by atoms with Gasteiger partial charge in [-0.1, -0.05) is 11.6 Å². The number of ether oxygens (including phenoxy) is 1. The van der Waals surface area contributed by atoms with Crippen molar-refractivity contribution >= 4 is 22.5 Å². The fourth-order valence-corrected chi connectivity index (χ4v) is 4.68. The number of halogens is 2. The maximum Gasteiger partial charge on any atom is 0.159 e. The second-order valence-corrected chi connectivity index (χ2v) is 8.40. The number of benzene rings is 1. The topological polar surface area (TPSA) is 56.1 Å². The van der Waals surface area contributed by atoms with Crippen LogP contribution < -0.4 is 0 Å². The van der Waals surface area contributed by atoms with Gasteiger partial charge in [0.1, 0.15) is 17.1 Å². The third kappa shape index (κ3) is 3.41. The predicted octanol–water partition coefficient (Wildman–Crippen LogP) is 3.61. The summed E-state index contributed by atoms with van der Waals surface area (Å²) in [6.45, 7) is 6.67. The Bertz CT molecular complexity index is 1050. The van der Waals surface area contributed by atoms with E-state index in [0.717, 1.165) is 48.2 Å². The third-order valence-corrected chi connectivity index (χ3v) is 6.27.